The Hall–Kier alpha value is -0.850. The Morgan fingerprint density at radius 3 is 2.82 bits per heavy atom. The summed E-state index contributed by atoms with van der Waals surface area (Å²) in [4.78, 5) is 0.727. The third-order valence-corrected chi connectivity index (χ3v) is 3.73. The molecule has 0 aliphatic heterocycles. The number of halogens is 2. The van der Waals surface area contributed by atoms with E-state index in [-0.39, 0.29) is 5.82 Å². The maximum absolute atomic E-state index is 13.2. The highest BCUT2D eigenvalue weighted by molar-refractivity contribution is 9.10. The second-order valence-corrected chi connectivity index (χ2v) is 5.42. The monoisotopic (exact) mass is 316 g/mol. The third-order valence-electron chi connectivity index (χ3n) is 2.34. The Morgan fingerprint density at radius 1 is 1.47 bits per heavy atom. The van der Waals surface area contributed by atoms with Gasteiger partial charge in [0.1, 0.15) is 5.82 Å². The minimum absolute atomic E-state index is 0.319. The highest BCUT2D eigenvalue weighted by Crippen LogP contribution is 2.25. The van der Waals surface area contributed by atoms with Gasteiger partial charge >= 0.3 is 0 Å². The van der Waals surface area contributed by atoms with Gasteiger partial charge in [0, 0.05) is 10.9 Å². The fourth-order valence-electron chi connectivity index (χ4n) is 1.59. The second kappa shape index (κ2) is 5.20. The summed E-state index contributed by atoms with van der Waals surface area (Å²) in [6.45, 7) is 1.80. The van der Waals surface area contributed by atoms with Gasteiger partial charge in [-0.05, 0) is 42.2 Å². The molecule has 17 heavy (non-hydrogen) atoms. The first-order valence-electron chi connectivity index (χ1n) is 4.98. The van der Waals surface area contributed by atoms with Crippen LogP contribution in [0.25, 0.3) is 0 Å². The number of nitrogens with zero attached hydrogens (tertiary/aromatic N) is 2. The van der Waals surface area contributed by atoms with E-state index in [1.54, 1.807) is 13.0 Å². The fraction of sp³-hybridized carbons (Fsp3) is 0.273. The molecule has 0 amide bonds. The smallest absolute Gasteiger partial charge is 0.124 e. The van der Waals surface area contributed by atoms with Crippen molar-refractivity contribution in [2.75, 3.05) is 0 Å². The number of aliphatic hydroxyl groups excluding tert-OH is 1. The SMILES string of the molecule is Cc1nnsc1C(O)Cc1cc(F)cc(Br)c1. The molecule has 2 aromatic rings. The first kappa shape index (κ1) is 12.6. The van der Waals surface area contributed by atoms with Crippen molar-refractivity contribution < 1.29 is 9.50 Å². The van der Waals surface area contributed by atoms with E-state index >= 15 is 0 Å². The van der Waals surface area contributed by atoms with Crippen LogP contribution in [0.4, 0.5) is 4.39 Å². The first-order chi connectivity index (χ1) is 8.06. The number of benzene rings is 1. The molecule has 0 aliphatic rings. The molecule has 2 rings (SSSR count). The summed E-state index contributed by atoms with van der Waals surface area (Å²) >= 11 is 4.39. The van der Waals surface area contributed by atoms with E-state index in [9.17, 15) is 9.50 Å². The zero-order valence-corrected chi connectivity index (χ0v) is 11.4. The van der Waals surface area contributed by atoms with E-state index in [4.69, 9.17) is 0 Å². The lowest BCUT2D eigenvalue weighted by Crippen LogP contribution is -2.02. The Labute approximate surface area is 111 Å². The van der Waals surface area contributed by atoms with Gasteiger partial charge in [-0.1, -0.05) is 20.4 Å². The summed E-state index contributed by atoms with van der Waals surface area (Å²) in [6.07, 6.45) is -0.343. The van der Waals surface area contributed by atoms with Crippen LogP contribution in [-0.4, -0.2) is 14.7 Å². The Bertz CT molecular complexity index is 512. The highest BCUT2D eigenvalue weighted by Gasteiger charge is 2.15. The third kappa shape index (κ3) is 3.08. The van der Waals surface area contributed by atoms with Gasteiger partial charge in [0.2, 0.25) is 0 Å². The molecule has 0 aliphatic carbocycles. The van der Waals surface area contributed by atoms with Gasteiger partial charge < -0.3 is 5.11 Å². The van der Waals surface area contributed by atoms with Gasteiger partial charge in [-0.15, -0.1) is 5.10 Å². The quantitative estimate of drug-likeness (QED) is 0.946. The maximum atomic E-state index is 13.2. The molecule has 3 nitrogen and oxygen atoms in total. The van der Waals surface area contributed by atoms with E-state index in [2.05, 4.69) is 25.5 Å². The summed E-state index contributed by atoms with van der Waals surface area (Å²) in [6, 6.07) is 4.59. The molecule has 90 valence electrons. The molecule has 1 heterocycles. The summed E-state index contributed by atoms with van der Waals surface area (Å²) in [5.74, 6) is -0.319. The Balaban J connectivity index is 2.18. The van der Waals surface area contributed by atoms with E-state index < -0.39 is 6.10 Å². The van der Waals surface area contributed by atoms with E-state index in [1.807, 2.05) is 0 Å². The summed E-state index contributed by atoms with van der Waals surface area (Å²) in [7, 11) is 0. The largest absolute Gasteiger partial charge is 0.387 e. The van der Waals surface area contributed by atoms with Crippen LogP contribution in [0.1, 0.15) is 22.2 Å². The molecule has 0 radical (unpaired) electrons. The zero-order chi connectivity index (χ0) is 12.4. The number of rotatable bonds is 3. The van der Waals surface area contributed by atoms with Gasteiger partial charge in [0.25, 0.3) is 0 Å². The Kier molecular flexibility index (Phi) is 3.86. The van der Waals surface area contributed by atoms with Crippen LogP contribution in [0.5, 0.6) is 0 Å². The van der Waals surface area contributed by atoms with Crippen LogP contribution >= 0.6 is 27.5 Å². The number of aryl methyl sites for hydroxylation is 1. The number of hydrogen-bond acceptors (Lipinski definition) is 4. The van der Waals surface area contributed by atoms with Crippen LogP contribution in [0.2, 0.25) is 0 Å². The minimum atomic E-state index is -0.691. The van der Waals surface area contributed by atoms with Crippen LogP contribution in [0, 0.1) is 12.7 Å². The molecule has 0 saturated heterocycles. The molecule has 1 N–H and O–H groups in total. The molecular formula is C11H10BrFN2OS. The summed E-state index contributed by atoms with van der Waals surface area (Å²) < 4.78 is 17.6. The van der Waals surface area contributed by atoms with Crippen LogP contribution < -0.4 is 0 Å². The number of aromatic nitrogens is 2. The van der Waals surface area contributed by atoms with Crippen molar-refractivity contribution in [2.24, 2.45) is 0 Å². The average molecular weight is 317 g/mol. The normalized spacial score (nSPS) is 12.7. The Morgan fingerprint density at radius 2 is 2.24 bits per heavy atom. The van der Waals surface area contributed by atoms with E-state index in [1.165, 1.54) is 23.7 Å². The lowest BCUT2D eigenvalue weighted by Gasteiger charge is -2.09. The topological polar surface area (TPSA) is 46.0 Å². The maximum Gasteiger partial charge on any atom is 0.124 e. The van der Waals surface area contributed by atoms with Crippen molar-refractivity contribution in [1.29, 1.82) is 0 Å². The molecule has 1 unspecified atom stereocenters. The average Bonchev–Trinajstić information content (AvgIpc) is 2.62. The highest BCUT2D eigenvalue weighted by atomic mass is 79.9. The van der Waals surface area contributed by atoms with Gasteiger partial charge in [0.05, 0.1) is 16.7 Å². The van der Waals surface area contributed by atoms with Crippen LogP contribution in [0.15, 0.2) is 22.7 Å². The van der Waals surface area contributed by atoms with Crippen molar-refractivity contribution in [1.82, 2.24) is 9.59 Å². The van der Waals surface area contributed by atoms with Gasteiger partial charge in [0.15, 0.2) is 0 Å². The van der Waals surface area contributed by atoms with Gasteiger partial charge in [-0.3, -0.25) is 0 Å². The first-order valence-corrected chi connectivity index (χ1v) is 6.55. The molecule has 0 fully saturated rings. The molecule has 0 bridgehead atoms. The molecule has 0 saturated carbocycles. The molecule has 0 spiro atoms. The molecule has 1 aromatic carbocycles. The van der Waals surface area contributed by atoms with Crippen molar-refractivity contribution in [2.45, 2.75) is 19.4 Å². The fourth-order valence-corrected chi connectivity index (χ4v) is 2.73. The predicted molar refractivity (Wildman–Crippen MR) is 67.4 cm³/mol. The van der Waals surface area contributed by atoms with Crippen molar-refractivity contribution in [3.63, 3.8) is 0 Å². The lowest BCUT2D eigenvalue weighted by atomic mass is 10.1. The van der Waals surface area contributed by atoms with E-state index in [0.29, 0.717) is 10.9 Å². The molecule has 1 aromatic heterocycles. The summed E-state index contributed by atoms with van der Waals surface area (Å²) in [5, 5.41) is 13.9. The lowest BCUT2D eigenvalue weighted by molar-refractivity contribution is 0.181. The molecule has 1 atom stereocenters. The number of aliphatic hydroxyl groups is 1. The minimum Gasteiger partial charge on any atom is -0.387 e. The second-order valence-electron chi connectivity index (χ2n) is 3.72. The van der Waals surface area contributed by atoms with Gasteiger partial charge in [-0.2, -0.15) is 0 Å². The summed E-state index contributed by atoms with van der Waals surface area (Å²) in [5.41, 5.74) is 1.45. The molecule has 6 heteroatoms. The van der Waals surface area contributed by atoms with Crippen LogP contribution in [0.3, 0.4) is 0 Å². The predicted octanol–water partition coefficient (Wildman–Crippen LogP) is 3.02. The number of hydrogen-bond donors (Lipinski definition) is 1. The standard InChI is InChI=1S/C11H10BrFN2OS/c1-6-11(17-15-14-6)10(16)4-7-2-8(12)5-9(13)3-7/h2-3,5,10,16H,4H2,1H3. The van der Waals surface area contributed by atoms with Crippen molar-refractivity contribution in [3.05, 3.63) is 44.6 Å². The molecular weight excluding hydrogens is 307 g/mol. The van der Waals surface area contributed by atoms with Gasteiger partial charge in [-0.25, -0.2) is 4.39 Å². The zero-order valence-electron chi connectivity index (χ0n) is 9.02. The van der Waals surface area contributed by atoms with Crippen LogP contribution in [-0.2, 0) is 6.42 Å². The van der Waals surface area contributed by atoms with Crippen molar-refractivity contribution >= 4 is 27.5 Å². The van der Waals surface area contributed by atoms with E-state index in [0.717, 1.165) is 16.1 Å². The van der Waals surface area contributed by atoms with Crippen molar-refractivity contribution in [3.8, 4) is 0 Å².